The van der Waals surface area contributed by atoms with Crippen LogP contribution < -0.4 is 5.32 Å². The van der Waals surface area contributed by atoms with Gasteiger partial charge in [-0.1, -0.05) is 100 Å². The van der Waals surface area contributed by atoms with Crippen molar-refractivity contribution >= 4 is 28.3 Å². The van der Waals surface area contributed by atoms with Crippen LogP contribution in [0.1, 0.15) is 72.8 Å². The number of aromatic nitrogens is 2. The number of non-ortho nitro benzene ring substituents is 1. The number of benzene rings is 4. The lowest BCUT2D eigenvalue weighted by atomic mass is 9.97. The smallest absolute Gasteiger partial charge is 0.269 e. The molecule has 0 aliphatic rings. The van der Waals surface area contributed by atoms with E-state index in [-0.39, 0.29) is 35.9 Å². The minimum Gasteiger partial charge on any atom is -0.351 e. The number of carbonyl (C=O) groups is 2. The van der Waals surface area contributed by atoms with Gasteiger partial charge in [-0.05, 0) is 58.4 Å². The summed E-state index contributed by atoms with van der Waals surface area (Å²) < 4.78 is 1.87. The predicted octanol–water partition coefficient (Wildman–Crippen LogP) is 7.75. The van der Waals surface area contributed by atoms with Crippen molar-refractivity contribution in [3.63, 3.8) is 0 Å². The van der Waals surface area contributed by atoms with Gasteiger partial charge in [-0.15, -0.1) is 0 Å². The molecule has 2 amide bonds. The van der Waals surface area contributed by atoms with Gasteiger partial charge in [0.15, 0.2) is 0 Å². The van der Waals surface area contributed by atoms with E-state index < -0.39 is 4.92 Å². The first-order valence-electron chi connectivity index (χ1n) is 17.1. The van der Waals surface area contributed by atoms with E-state index in [1.165, 1.54) is 17.7 Å². The van der Waals surface area contributed by atoms with Gasteiger partial charge >= 0.3 is 0 Å². The van der Waals surface area contributed by atoms with Crippen LogP contribution in [0.5, 0.6) is 0 Å². The Balaban J connectivity index is 1.36. The highest BCUT2D eigenvalue weighted by Gasteiger charge is 2.26. The molecule has 1 N–H and O–H groups in total. The molecule has 0 radical (unpaired) electrons. The molecule has 1 heterocycles. The largest absolute Gasteiger partial charge is 0.351 e. The van der Waals surface area contributed by atoms with Crippen LogP contribution in [0.25, 0.3) is 10.8 Å². The van der Waals surface area contributed by atoms with Crippen molar-refractivity contribution in [2.45, 2.75) is 72.0 Å². The van der Waals surface area contributed by atoms with E-state index in [0.29, 0.717) is 25.2 Å². The lowest BCUT2D eigenvalue weighted by Gasteiger charge is -2.32. The number of aryl methyl sites for hydroxylation is 1. The van der Waals surface area contributed by atoms with Gasteiger partial charge in [0.2, 0.25) is 5.91 Å². The Kier molecular flexibility index (Phi) is 11.9. The highest BCUT2D eigenvalue weighted by molar-refractivity contribution is 5.95. The average molecular weight is 660 g/mol. The maximum Gasteiger partial charge on any atom is 0.269 e. The van der Waals surface area contributed by atoms with E-state index in [2.05, 4.69) is 55.3 Å². The zero-order valence-electron chi connectivity index (χ0n) is 28.5. The molecule has 0 spiro atoms. The van der Waals surface area contributed by atoms with Gasteiger partial charge in [0.25, 0.3) is 11.6 Å². The molecular formula is C40H45N5O4. The summed E-state index contributed by atoms with van der Waals surface area (Å²) >= 11 is 0. The molecule has 9 heteroatoms. The number of nitro benzene ring substituents is 1. The number of carbonyl (C=O) groups excluding carboxylic acids is 2. The molecule has 0 aliphatic heterocycles. The molecule has 0 fully saturated rings. The van der Waals surface area contributed by atoms with Gasteiger partial charge in [0.05, 0.1) is 17.7 Å². The molecule has 4 aromatic carbocycles. The second-order valence-corrected chi connectivity index (χ2v) is 12.8. The molecule has 5 aromatic rings. The van der Waals surface area contributed by atoms with Crippen molar-refractivity contribution in [2.75, 3.05) is 6.54 Å². The van der Waals surface area contributed by atoms with Crippen molar-refractivity contribution in [3.05, 3.63) is 142 Å². The maximum atomic E-state index is 14.2. The summed E-state index contributed by atoms with van der Waals surface area (Å²) in [6, 6.07) is 28.4. The van der Waals surface area contributed by atoms with Crippen LogP contribution in [0.15, 0.2) is 104 Å². The van der Waals surface area contributed by atoms with Crippen LogP contribution >= 0.6 is 0 Å². The number of unbranched alkanes of at least 4 members (excludes halogenated alkanes) is 1. The molecule has 0 saturated carbocycles. The Morgan fingerprint density at radius 2 is 1.65 bits per heavy atom. The summed E-state index contributed by atoms with van der Waals surface area (Å²) in [7, 11) is 0. The van der Waals surface area contributed by atoms with Gasteiger partial charge in [-0.2, -0.15) is 0 Å². The monoisotopic (exact) mass is 659 g/mol. The Morgan fingerprint density at radius 1 is 0.939 bits per heavy atom. The normalized spacial score (nSPS) is 12.4. The summed E-state index contributed by atoms with van der Waals surface area (Å²) in [5.41, 5.74) is 4.52. The van der Waals surface area contributed by atoms with Crippen LogP contribution in [0.2, 0.25) is 0 Å². The molecule has 0 bridgehead atoms. The average Bonchev–Trinajstić information content (AvgIpc) is 3.55. The third-order valence-electron chi connectivity index (χ3n) is 9.28. The lowest BCUT2D eigenvalue weighted by molar-refractivity contribution is -0.384. The van der Waals surface area contributed by atoms with E-state index in [9.17, 15) is 19.7 Å². The first kappa shape index (κ1) is 35.0. The van der Waals surface area contributed by atoms with Gasteiger partial charge in [-0.25, -0.2) is 4.98 Å². The van der Waals surface area contributed by atoms with E-state index in [4.69, 9.17) is 0 Å². The number of amides is 2. The Bertz CT molecular complexity index is 1860. The first-order chi connectivity index (χ1) is 23.7. The topological polar surface area (TPSA) is 110 Å². The van der Waals surface area contributed by atoms with Crippen molar-refractivity contribution in [3.8, 4) is 0 Å². The van der Waals surface area contributed by atoms with Crippen molar-refractivity contribution in [1.29, 1.82) is 0 Å². The van der Waals surface area contributed by atoms with E-state index in [1.807, 2.05) is 51.9 Å². The highest BCUT2D eigenvalue weighted by atomic mass is 16.6. The second kappa shape index (κ2) is 16.7. The number of hydrogen-bond acceptors (Lipinski definition) is 5. The number of nitrogens with one attached hydrogen (secondary N) is 1. The van der Waals surface area contributed by atoms with Crippen LogP contribution in [0.3, 0.4) is 0 Å². The zero-order chi connectivity index (χ0) is 34.8. The van der Waals surface area contributed by atoms with Crippen LogP contribution in [-0.4, -0.2) is 43.8 Å². The molecule has 0 unspecified atom stereocenters. The predicted molar refractivity (Wildman–Crippen MR) is 193 cm³/mol. The van der Waals surface area contributed by atoms with Gasteiger partial charge < -0.3 is 14.8 Å². The number of nitro groups is 1. The van der Waals surface area contributed by atoms with Crippen LogP contribution in [-0.2, 0) is 30.7 Å². The Morgan fingerprint density at radius 3 is 2.37 bits per heavy atom. The molecule has 1 aromatic heterocycles. The minimum absolute atomic E-state index is 0.0297. The molecule has 0 saturated heterocycles. The molecule has 254 valence electrons. The summed E-state index contributed by atoms with van der Waals surface area (Å²) in [5, 5.41) is 16.5. The zero-order valence-corrected chi connectivity index (χ0v) is 28.5. The fraction of sp³-hybridized carbons (Fsp3) is 0.325. The van der Waals surface area contributed by atoms with Crippen molar-refractivity contribution in [2.24, 2.45) is 5.92 Å². The number of nitrogens with zero attached hydrogens (tertiary/aromatic N) is 4. The molecular weight excluding hydrogens is 614 g/mol. The lowest BCUT2D eigenvalue weighted by Crippen LogP contribution is -2.49. The SMILES string of the molecule is CCCCc1ccc(C(=O)N(Cc2cccc3ccccc23)C[C@@H](NC(=O)Cc2cncn2Cc2ccc([N+](=O)[O-])cc2)[C@@H](C)CC)cc1. The molecule has 9 nitrogen and oxygen atoms in total. The molecule has 49 heavy (non-hydrogen) atoms. The van der Waals surface area contributed by atoms with E-state index in [1.54, 1.807) is 24.7 Å². The summed E-state index contributed by atoms with van der Waals surface area (Å²) in [4.78, 5) is 44.6. The van der Waals surface area contributed by atoms with Gasteiger partial charge in [-0.3, -0.25) is 19.7 Å². The second-order valence-electron chi connectivity index (χ2n) is 12.8. The van der Waals surface area contributed by atoms with Crippen molar-refractivity contribution in [1.82, 2.24) is 19.8 Å². The van der Waals surface area contributed by atoms with E-state index >= 15 is 0 Å². The summed E-state index contributed by atoms with van der Waals surface area (Å²) in [5.74, 6) is -0.125. The number of imidazole rings is 1. The Labute approximate surface area is 288 Å². The molecule has 0 aliphatic carbocycles. The standard InChI is InChI=1S/C40H45N5O4/c1-4-6-10-30-15-19-33(20-16-30)40(47)43(26-34-13-9-12-32-11-7-8-14-37(32)34)27-38(29(3)5-2)42-39(46)23-36-24-41-28-44(36)25-31-17-21-35(22-18-31)45(48)49/h7-9,11-22,24,28-29,38H,4-6,10,23,25-27H2,1-3H3,(H,42,46)/t29-,38+/m0/s1. The maximum absolute atomic E-state index is 14.2. The third kappa shape index (κ3) is 9.19. The van der Waals surface area contributed by atoms with Crippen LogP contribution in [0, 0.1) is 16.0 Å². The summed E-state index contributed by atoms with van der Waals surface area (Å²) in [6.45, 7) is 7.55. The number of fused-ring (bicyclic) bond motifs is 1. The quantitative estimate of drug-likeness (QED) is 0.0860. The molecule has 5 rings (SSSR count). The number of hydrogen-bond donors (Lipinski definition) is 1. The third-order valence-corrected chi connectivity index (χ3v) is 9.28. The van der Waals surface area contributed by atoms with Crippen molar-refractivity contribution < 1.29 is 14.5 Å². The first-order valence-corrected chi connectivity index (χ1v) is 17.1. The number of rotatable bonds is 16. The molecule has 2 atom stereocenters. The fourth-order valence-corrected chi connectivity index (χ4v) is 6.10. The minimum atomic E-state index is -0.425. The summed E-state index contributed by atoms with van der Waals surface area (Å²) in [6.07, 6.45) is 7.47. The van der Waals surface area contributed by atoms with Gasteiger partial charge in [0, 0.05) is 55.3 Å². The fourth-order valence-electron chi connectivity index (χ4n) is 6.10. The van der Waals surface area contributed by atoms with Gasteiger partial charge in [0.1, 0.15) is 0 Å². The highest BCUT2D eigenvalue weighted by Crippen LogP contribution is 2.23. The Hall–Kier alpha value is -5.31. The van der Waals surface area contributed by atoms with E-state index in [0.717, 1.165) is 53.3 Å². The van der Waals surface area contributed by atoms with Crippen LogP contribution in [0.4, 0.5) is 5.69 Å².